The summed E-state index contributed by atoms with van der Waals surface area (Å²) in [6.45, 7) is 0.401. The van der Waals surface area contributed by atoms with Crippen LogP contribution in [0.25, 0.3) is 0 Å². The lowest BCUT2D eigenvalue weighted by molar-refractivity contribution is -0.113. The molecule has 146 valence electrons. The van der Waals surface area contributed by atoms with Crippen LogP contribution in [0.2, 0.25) is 5.02 Å². The van der Waals surface area contributed by atoms with Crippen LogP contribution >= 0.6 is 23.4 Å². The third-order valence-corrected chi connectivity index (χ3v) is 5.27. The van der Waals surface area contributed by atoms with Crippen LogP contribution < -0.4 is 10.1 Å². The minimum atomic E-state index is -0.166. The average molecular weight is 418 g/mol. The Morgan fingerprint density at radius 3 is 2.71 bits per heavy atom. The van der Waals surface area contributed by atoms with Crippen LogP contribution in [-0.4, -0.2) is 33.4 Å². The van der Waals surface area contributed by atoms with E-state index in [1.54, 1.807) is 25.4 Å². The fourth-order valence-electron chi connectivity index (χ4n) is 2.64. The minimum absolute atomic E-state index is 0.130. The zero-order chi connectivity index (χ0) is 19.9. The second kappa shape index (κ2) is 9.64. The van der Waals surface area contributed by atoms with E-state index in [1.807, 2.05) is 41.0 Å². The van der Waals surface area contributed by atoms with E-state index in [0.717, 1.165) is 5.56 Å². The first-order valence-corrected chi connectivity index (χ1v) is 9.92. The van der Waals surface area contributed by atoms with Crippen molar-refractivity contribution in [1.29, 1.82) is 0 Å². The molecule has 0 aliphatic heterocycles. The number of hydrogen-bond acceptors (Lipinski definition) is 5. The lowest BCUT2D eigenvalue weighted by Gasteiger charge is -2.12. The van der Waals surface area contributed by atoms with Gasteiger partial charge in [0.05, 0.1) is 37.0 Å². The molecule has 28 heavy (non-hydrogen) atoms. The van der Waals surface area contributed by atoms with E-state index in [-0.39, 0.29) is 18.3 Å². The summed E-state index contributed by atoms with van der Waals surface area (Å²) in [4.78, 5) is 16.7. The zero-order valence-electron chi connectivity index (χ0n) is 15.3. The lowest BCUT2D eigenvalue weighted by atomic mass is 10.2. The molecule has 8 heteroatoms. The summed E-state index contributed by atoms with van der Waals surface area (Å²) in [7, 11) is 1.56. The molecule has 2 aromatic carbocycles. The quantitative estimate of drug-likeness (QED) is 0.545. The number of nitrogens with one attached hydrogen (secondary N) is 1. The largest absolute Gasteiger partial charge is 0.495 e. The molecule has 0 unspecified atom stereocenters. The van der Waals surface area contributed by atoms with Gasteiger partial charge in [0, 0.05) is 11.6 Å². The Morgan fingerprint density at radius 1 is 1.25 bits per heavy atom. The molecule has 1 amide bonds. The Bertz CT molecular complexity index is 944. The number of imidazole rings is 1. The number of rotatable bonds is 8. The molecular formula is C20H20ClN3O3S. The lowest BCUT2D eigenvalue weighted by Crippen LogP contribution is -2.15. The number of aliphatic hydroxyl groups excluding tert-OH is 1. The number of halogens is 1. The van der Waals surface area contributed by atoms with Gasteiger partial charge in [-0.25, -0.2) is 4.98 Å². The van der Waals surface area contributed by atoms with Crippen molar-refractivity contribution in [2.45, 2.75) is 18.3 Å². The number of anilines is 1. The van der Waals surface area contributed by atoms with E-state index >= 15 is 0 Å². The topological polar surface area (TPSA) is 76.4 Å². The third-order valence-electron chi connectivity index (χ3n) is 4.03. The number of amides is 1. The molecule has 0 atom stereocenters. The highest BCUT2D eigenvalue weighted by atomic mass is 35.5. The normalized spacial score (nSPS) is 10.7. The summed E-state index contributed by atoms with van der Waals surface area (Å²) in [6, 6.07) is 14.7. The average Bonchev–Trinajstić information content (AvgIpc) is 3.10. The number of thioether (sulfide) groups is 1. The van der Waals surface area contributed by atoms with Crippen LogP contribution in [0, 0.1) is 0 Å². The van der Waals surface area contributed by atoms with E-state index in [1.165, 1.54) is 11.8 Å². The van der Waals surface area contributed by atoms with Gasteiger partial charge in [-0.2, -0.15) is 0 Å². The third kappa shape index (κ3) is 5.07. The van der Waals surface area contributed by atoms with Crippen molar-refractivity contribution in [1.82, 2.24) is 9.55 Å². The van der Waals surface area contributed by atoms with Crippen molar-refractivity contribution in [3.05, 3.63) is 71.0 Å². The second-order valence-electron chi connectivity index (χ2n) is 5.94. The Labute approximate surface area is 172 Å². The van der Waals surface area contributed by atoms with Gasteiger partial charge in [-0.05, 0) is 29.8 Å². The summed E-state index contributed by atoms with van der Waals surface area (Å²) >= 11 is 7.25. The van der Waals surface area contributed by atoms with E-state index in [4.69, 9.17) is 16.3 Å². The highest BCUT2D eigenvalue weighted by molar-refractivity contribution is 7.99. The van der Waals surface area contributed by atoms with Crippen LogP contribution in [-0.2, 0) is 17.9 Å². The number of hydrogen-bond donors (Lipinski definition) is 2. The zero-order valence-corrected chi connectivity index (χ0v) is 16.8. The van der Waals surface area contributed by atoms with Gasteiger partial charge in [-0.15, -0.1) is 0 Å². The molecule has 0 saturated heterocycles. The van der Waals surface area contributed by atoms with Gasteiger partial charge in [0.2, 0.25) is 5.91 Å². The molecule has 1 heterocycles. The van der Waals surface area contributed by atoms with Crippen LogP contribution in [0.4, 0.5) is 5.69 Å². The van der Waals surface area contributed by atoms with Crippen molar-refractivity contribution in [2.24, 2.45) is 0 Å². The number of nitrogens with zero attached hydrogens (tertiary/aromatic N) is 2. The second-order valence-corrected chi connectivity index (χ2v) is 7.32. The van der Waals surface area contributed by atoms with E-state index in [0.29, 0.717) is 33.9 Å². The number of benzene rings is 2. The van der Waals surface area contributed by atoms with E-state index < -0.39 is 0 Å². The number of carbonyl (C=O) groups is 1. The molecule has 0 aliphatic rings. The Balaban J connectivity index is 1.68. The molecule has 6 nitrogen and oxygen atoms in total. The van der Waals surface area contributed by atoms with Crippen LogP contribution in [0.15, 0.2) is 59.9 Å². The fraction of sp³-hybridized carbons (Fsp3) is 0.200. The monoisotopic (exact) mass is 417 g/mol. The summed E-state index contributed by atoms with van der Waals surface area (Å²) in [5.41, 5.74) is 2.33. The highest BCUT2D eigenvalue weighted by Crippen LogP contribution is 2.25. The molecule has 2 N–H and O–H groups in total. The van der Waals surface area contributed by atoms with Gasteiger partial charge < -0.3 is 19.7 Å². The van der Waals surface area contributed by atoms with E-state index in [2.05, 4.69) is 10.3 Å². The van der Waals surface area contributed by atoms with Crippen molar-refractivity contribution in [2.75, 3.05) is 18.2 Å². The first-order valence-electron chi connectivity index (χ1n) is 8.56. The summed E-state index contributed by atoms with van der Waals surface area (Å²) < 4.78 is 7.14. The molecule has 0 fully saturated rings. The summed E-state index contributed by atoms with van der Waals surface area (Å²) in [5.74, 6) is 0.620. The van der Waals surface area contributed by atoms with E-state index in [9.17, 15) is 9.90 Å². The summed E-state index contributed by atoms with van der Waals surface area (Å²) in [5, 5.41) is 13.8. The molecular weight excluding hydrogens is 398 g/mol. The molecule has 0 radical (unpaired) electrons. The van der Waals surface area contributed by atoms with Crippen molar-refractivity contribution in [3.8, 4) is 5.75 Å². The van der Waals surface area contributed by atoms with Crippen molar-refractivity contribution < 1.29 is 14.6 Å². The summed E-state index contributed by atoms with van der Waals surface area (Å²) in [6.07, 6.45) is 1.62. The fourth-order valence-corrected chi connectivity index (χ4v) is 3.56. The van der Waals surface area contributed by atoms with Crippen LogP contribution in [0.1, 0.15) is 11.3 Å². The number of carbonyl (C=O) groups excluding carboxylic acids is 1. The highest BCUT2D eigenvalue weighted by Gasteiger charge is 2.14. The Morgan fingerprint density at radius 2 is 2.00 bits per heavy atom. The number of aliphatic hydroxyl groups is 1. The molecule has 0 spiro atoms. The van der Waals surface area contributed by atoms with Gasteiger partial charge in [-0.3, -0.25) is 4.79 Å². The van der Waals surface area contributed by atoms with Gasteiger partial charge >= 0.3 is 0 Å². The van der Waals surface area contributed by atoms with Crippen LogP contribution in [0.3, 0.4) is 0 Å². The predicted molar refractivity (Wildman–Crippen MR) is 111 cm³/mol. The molecule has 3 rings (SSSR count). The maximum atomic E-state index is 12.3. The molecule has 0 aliphatic carbocycles. The van der Waals surface area contributed by atoms with Crippen LogP contribution in [0.5, 0.6) is 5.75 Å². The van der Waals surface area contributed by atoms with Gasteiger partial charge in [-0.1, -0.05) is 47.6 Å². The molecule has 3 aromatic rings. The predicted octanol–water partition coefficient (Wildman–Crippen LogP) is 3.82. The van der Waals surface area contributed by atoms with Crippen molar-refractivity contribution in [3.63, 3.8) is 0 Å². The Hall–Kier alpha value is -2.48. The SMILES string of the molecule is COc1ccccc1NC(=O)CSc1ncc(CO)n1Cc1ccc(Cl)cc1. The standard InChI is InChI=1S/C20H20ClN3O3S/c1-27-18-5-3-2-4-17(18)23-19(26)13-28-20-22-10-16(12-25)24(20)11-14-6-8-15(21)9-7-14/h2-10,25H,11-13H2,1H3,(H,23,26). The molecule has 0 saturated carbocycles. The maximum Gasteiger partial charge on any atom is 0.234 e. The maximum absolute atomic E-state index is 12.3. The Kier molecular flexibility index (Phi) is 6.97. The first kappa shape index (κ1) is 20.3. The minimum Gasteiger partial charge on any atom is -0.495 e. The number of ether oxygens (including phenoxy) is 1. The number of para-hydroxylation sites is 2. The van der Waals surface area contributed by atoms with Gasteiger partial charge in [0.1, 0.15) is 5.75 Å². The smallest absolute Gasteiger partial charge is 0.234 e. The first-order chi connectivity index (χ1) is 13.6. The van der Waals surface area contributed by atoms with Gasteiger partial charge in [0.25, 0.3) is 0 Å². The molecule has 0 bridgehead atoms. The molecule has 1 aromatic heterocycles. The number of methoxy groups -OCH3 is 1. The van der Waals surface area contributed by atoms with Crippen molar-refractivity contribution >= 4 is 35.0 Å². The number of aromatic nitrogens is 2. The van der Waals surface area contributed by atoms with Gasteiger partial charge in [0.15, 0.2) is 5.16 Å².